The highest BCUT2D eigenvalue weighted by Gasteiger charge is 2.31. The zero-order chi connectivity index (χ0) is 20.0. The Labute approximate surface area is 170 Å². The van der Waals surface area contributed by atoms with Crippen LogP contribution in [0.4, 0.5) is 0 Å². The fourth-order valence-corrected chi connectivity index (χ4v) is 5.22. The molecule has 0 bridgehead atoms. The molecule has 0 aliphatic carbocycles. The van der Waals surface area contributed by atoms with Crippen LogP contribution in [-0.2, 0) is 4.74 Å². The van der Waals surface area contributed by atoms with Gasteiger partial charge >= 0.3 is 0 Å². The van der Waals surface area contributed by atoms with Crippen LogP contribution in [-0.4, -0.2) is 14.2 Å². The summed E-state index contributed by atoms with van der Waals surface area (Å²) in [7, 11) is -1.61. The van der Waals surface area contributed by atoms with Gasteiger partial charge in [0.25, 0.3) is 0 Å². The minimum Gasteiger partial charge on any atom is -0.369 e. The molecule has 3 rings (SSSR count). The van der Waals surface area contributed by atoms with Gasteiger partial charge in [0.2, 0.25) is 0 Å². The van der Waals surface area contributed by atoms with E-state index < -0.39 is 8.07 Å². The van der Waals surface area contributed by atoms with Crippen molar-refractivity contribution in [2.75, 3.05) is 0 Å². The Morgan fingerprint density at radius 1 is 0.893 bits per heavy atom. The molecule has 0 saturated heterocycles. The van der Waals surface area contributed by atoms with E-state index in [1.54, 1.807) is 0 Å². The quantitative estimate of drug-likeness (QED) is 0.289. The van der Waals surface area contributed by atoms with Crippen LogP contribution in [0.25, 0.3) is 16.8 Å². The molecule has 0 amide bonds. The van der Waals surface area contributed by atoms with E-state index >= 15 is 0 Å². The molecular weight excluding hydrogens is 356 g/mol. The van der Waals surface area contributed by atoms with Gasteiger partial charge in [-0.3, -0.25) is 0 Å². The molecule has 0 radical (unpaired) electrons. The molecular formula is C26H30OSi. The van der Waals surface area contributed by atoms with Gasteiger partial charge in [-0.15, -0.1) is 6.58 Å². The van der Waals surface area contributed by atoms with E-state index in [0.717, 1.165) is 6.42 Å². The average Bonchev–Trinajstić information content (AvgIpc) is 2.69. The average molecular weight is 387 g/mol. The highest BCUT2D eigenvalue weighted by atomic mass is 28.3. The summed E-state index contributed by atoms with van der Waals surface area (Å²) in [6.45, 7) is 11.1. The molecule has 0 aromatic heterocycles. The van der Waals surface area contributed by atoms with Gasteiger partial charge in [-0.1, -0.05) is 105 Å². The zero-order valence-corrected chi connectivity index (χ0v) is 18.1. The molecule has 2 atom stereocenters. The number of hydrogen-bond acceptors (Lipinski definition) is 1. The van der Waals surface area contributed by atoms with Crippen LogP contribution >= 0.6 is 0 Å². The van der Waals surface area contributed by atoms with E-state index in [-0.39, 0.29) is 11.8 Å². The molecule has 0 aliphatic rings. The normalized spacial score (nSPS) is 14.2. The molecule has 0 aliphatic heterocycles. The third kappa shape index (κ3) is 5.31. The Hall–Kier alpha value is -2.42. The van der Waals surface area contributed by atoms with Gasteiger partial charge < -0.3 is 4.74 Å². The summed E-state index contributed by atoms with van der Waals surface area (Å²) in [5.41, 5.74) is 2.60. The predicted octanol–water partition coefficient (Wildman–Crippen LogP) is 7.43. The second kappa shape index (κ2) is 9.18. The van der Waals surface area contributed by atoms with Gasteiger partial charge in [-0.05, 0) is 34.4 Å². The number of rotatable bonds is 8. The summed E-state index contributed by atoms with van der Waals surface area (Å²) in [5.74, 6) is 0. The van der Waals surface area contributed by atoms with Crippen molar-refractivity contribution in [3.63, 3.8) is 0 Å². The van der Waals surface area contributed by atoms with Crippen LogP contribution in [0.3, 0.4) is 0 Å². The maximum absolute atomic E-state index is 6.72. The van der Waals surface area contributed by atoms with E-state index in [1.807, 2.05) is 12.1 Å². The number of benzene rings is 3. The Balaban J connectivity index is 1.88. The van der Waals surface area contributed by atoms with Crippen molar-refractivity contribution < 1.29 is 4.74 Å². The maximum Gasteiger partial charge on any atom is 0.0842 e. The van der Waals surface area contributed by atoms with Crippen LogP contribution in [0.15, 0.2) is 91.5 Å². The molecule has 0 fully saturated rings. The van der Waals surface area contributed by atoms with E-state index in [9.17, 15) is 0 Å². The van der Waals surface area contributed by atoms with Crippen LogP contribution < -0.4 is 0 Å². The fourth-order valence-electron chi connectivity index (χ4n) is 3.45. The lowest BCUT2D eigenvalue weighted by molar-refractivity contribution is 0.0561. The summed E-state index contributed by atoms with van der Waals surface area (Å²) in [4.78, 5) is 0. The second-order valence-corrected chi connectivity index (χ2v) is 13.6. The Bertz CT molecular complexity index is 937. The van der Waals surface area contributed by atoms with Gasteiger partial charge in [0.05, 0.1) is 19.9 Å². The van der Waals surface area contributed by atoms with Crippen molar-refractivity contribution in [2.24, 2.45) is 0 Å². The first-order valence-electron chi connectivity index (χ1n) is 9.95. The van der Waals surface area contributed by atoms with Crippen LogP contribution in [0.2, 0.25) is 19.6 Å². The van der Waals surface area contributed by atoms with Crippen molar-refractivity contribution in [2.45, 2.75) is 37.9 Å². The van der Waals surface area contributed by atoms with Gasteiger partial charge in [0, 0.05) is 0 Å². The highest BCUT2D eigenvalue weighted by Crippen LogP contribution is 2.32. The van der Waals surface area contributed by atoms with Gasteiger partial charge in [0.15, 0.2) is 0 Å². The minimum absolute atomic E-state index is 0.0147. The van der Waals surface area contributed by atoms with E-state index in [4.69, 9.17) is 4.74 Å². The molecule has 2 heteroatoms. The molecule has 0 unspecified atom stereocenters. The Morgan fingerprint density at radius 2 is 1.57 bits per heavy atom. The molecule has 3 aromatic rings. The van der Waals surface area contributed by atoms with E-state index in [2.05, 4.69) is 105 Å². The molecule has 0 N–H and O–H groups in total. The van der Waals surface area contributed by atoms with Crippen molar-refractivity contribution in [1.82, 2.24) is 0 Å². The van der Waals surface area contributed by atoms with Crippen LogP contribution in [0.1, 0.15) is 23.3 Å². The lowest BCUT2D eigenvalue weighted by Crippen LogP contribution is -2.35. The molecule has 0 saturated carbocycles. The van der Waals surface area contributed by atoms with Crippen LogP contribution in [0.5, 0.6) is 0 Å². The molecule has 144 valence electrons. The van der Waals surface area contributed by atoms with E-state index in [0.29, 0.717) is 0 Å². The molecule has 1 nitrogen and oxygen atoms in total. The second-order valence-electron chi connectivity index (χ2n) is 8.32. The number of fused-ring (bicyclic) bond motifs is 1. The van der Waals surface area contributed by atoms with Crippen LogP contribution in [0, 0.1) is 0 Å². The Kier molecular flexibility index (Phi) is 6.66. The summed E-state index contributed by atoms with van der Waals surface area (Å²) in [6.07, 6.45) is 7.08. The summed E-state index contributed by atoms with van der Waals surface area (Å²) in [5, 5.41) is 2.54. The Morgan fingerprint density at radius 3 is 2.25 bits per heavy atom. The molecule has 0 spiro atoms. The standard InChI is InChI=1S/C26H30OSi/c1-5-11-25(19-16-21-12-7-6-8-13-21)27-26(28(2,3)4)24-18-17-22-14-9-10-15-23(22)20-24/h5-10,12-20,25-26H,1,11H2,2-4H3/b19-16+/t25-,26-/m0/s1. The maximum atomic E-state index is 6.72. The highest BCUT2D eigenvalue weighted by molar-refractivity contribution is 6.77. The lowest BCUT2D eigenvalue weighted by Gasteiger charge is -2.32. The van der Waals surface area contributed by atoms with Gasteiger partial charge in [0.1, 0.15) is 0 Å². The SMILES string of the molecule is C=CC[C@@H](/C=C/c1ccccc1)O[C@H](c1ccc2ccccc2c1)[Si](C)(C)C. The monoisotopic (exact) mass is 386 g/mol. The number of hydrogen-bond donors (Lipinski definition) is 0. The van der Waals surface area contributed by atoms with Crippen molar-refractivity contribution >= 4 is 24.9 Å². The first-order valence-corrected chi connectivity index (χ1v) is 13.5. The molecule has 0 heterocycles. The fraction of sp³-hybridized carbons (Fsp3) is 0.231. The van der Waals surface area contributed by atoms with E-state index in [1.165, 1.54) is 21.9 Å². The third-order valence-corrected chi connectivity index (χ3v) is 6.92. The van der Waals surface area contributed by atoms with Crippen molar-refractivity contribution in [1.29, 1.82) is 0 Å². The predicted molar refractivity (Wildman–Crippen MR) is 125 cm³/mol. The topological polar surface area (TPSA) is 9.23 Å². The number of ether oxygens (including phenoxy) is 1. The first-order chi connectivity index (χ1) is 13.5. The molecule has 3 aromatic carbocycles. The first kappa shape index (κ1) is 20.3. The van der Waals surface area contributed by atoms with Crippen molar-refractivity contribution in [3.8, 4) is 0 Å². The zero-order valence-electron chi connectivity index (χ0n) is 17.1. The van der Waals surface area contributed by atoms with Gasteiger partial charge in [-0.2, -0.15) is 0 Å². The summed E-state index contributed by atoms with van der Waals surface area (Å²) < 4.78 is 6.72. The lowest BCUT2D eigenvalue weighted by atomic mass is 10.1. The summed E-state index contributed by atoms with van der Waals surface area (Å²) in [6, 6.07) is 25.6. The largest absolute Gasteiger partial charge is 0.369 e. The molecule has 28 heavy (non-hydrogen) atoms. The smallest absolute Gasteiger partial charge is 0.0842 e. The summed E-state index contributed by atoms with van der Waals surface area (Å²) >= 11 is 0. The van der Waals surface area contributed by atoms with Gasteiger partial charge in [-0.25, -0.2) is 0 Å². The third-order valence-electron chi connectivity index (χ3n) is 4.88. The van der Waals surface area contributed by atoms with Crippen molar-refractivity contribution in [3.05, 3.63) is 103 Å². The minimum atomic E-state index is -1.61.